The summed E-state index contributed by atoms with van der Waals surface area (Å²) in [5.41, 5.74) is 1.01. The van der Waals surface area contributed by atoms with Gasteiger partial charge in [0.2, 0.25) is 0 Å². The topological polar surface area (TPSA) is 48.0 Å². The van der Waals surface area contributed by atoms with Gasteiger partial charge >= 0.3 is 0 Å². The summed E-state index contributed by atoms with van der Waals surface area (Å²) < 4.78 is 16.1. The van der Waals surface area contributed by atoms with Crippen molar-refractivity contribution in [1.82, 2.24) is 4.90 Å². The number of rotatable bonds is 8. The fraction of sp³-hybridized carbons (Fsp3) is 0.316. The molecule has 0 radical (unpaired) electrons. The summed E-state index contributed by atoms with van der Waals surface area (Å²) in [5, 5.41) is 0. The van der Waals surface area contributed by atoms with Crippen LogP contribution in [0.4, 0.5) is 0 Å². The van der Waals surface area contributed by atoms with Crippen LogP contribution in [-0.4, -0.2) is 38.2 Å². The summed E-state index contributed by atoms with van der Waals surface area (Å²) in [6.07, 6.45) is 0. The van der Waals surface area contributed by atoms with Crippen LogP contribution in [0, 0.1) is 0 Å². The van der Waals surface area contributed by atoms with E-state index in [1.165, 1.54) is 0 Å². The molecule has 2 rings (SSSR count). The van der Waals surface area contributed by atoms with E-state index in [0.29, 0.717) is 18.9 Å². The molecule has 0 spiro atoms. The Kier molecular flexibility index (Phi) is 6.49. The maximum absolute atomic E-state index is 12.2. The highest BCUT2D eigenvalue weighted by Gasteiger charge is 2.10. The van der Waals surface area contributed by atoms with Gasteiger partial charge in [0.25, 0.3) is 5.91 Å². The molecule has 0 aliphatic rings. The lowest BCUT2D eigenvalue weighted by molar-refractivity contribution is -0.132. The molecule has 2 aromatic carbocycles. The molecule has 0 saturated carbocycles. The number of carbonyl (C=O) groups excluding carboxylic acids is 1. The standard InChI is InChI=1S/C19H23NO4/c1-4-23-16-8-10-17(11-9-16)24-14-19(21)20(2)13-15-6-5-7-18(12-15)22-3/h5-12H,4,13-14H2,1-3H3. The monoisotopic (exact) mass is 329 g/mol. The van der Waals surface area contributed by atoms with Gasteiger partial charge in [0.1, 0.15) is 17.2 Å². The Hall–Kier alpha value is -2.69. The first kappa shape index (κ1) is 17.7. The molecule has 0 heterocycles. The second kappa shape index (κ2) is 8.82. The van der Waals surface area contributed by atoms with Crippen molar-refractivity contribution < 1.29 is 19.0 Å². The molecular formula is C19H23NO4. The highest BCUT2D eigenvalue weighted by Crippen LogP contribution is 2.18. The molecule has 0 aliphatic carbocycles. The maximum atomic E-state index is 12.2. The van der Waals surface area contributed by atoms with Gasteiger partial charge in [0, 0.05) is 13.6 Å². The number of ether oxygens (including phenoxy) is 3. The highest BCUT2D eigenvalue weighted by atomic mass is 16.5. The molecule has 0 aromatic heterocycles. The van der Waals surface area contributed by atoms with Crippen molar-refractivity contribution in [2.24, 2.45) is 0 Å². The average Bonchev–Trinajstić information content (AvgIpc) is 2.61. The molecule has 5 nitrogen and oxygen atoms in total. The van der Waals surface area contributed by atoms with Crippen molar-refractivity contribution >= 4 is 5.91 Å². The largest absolute Gasteiger partial charge is 0.497 e. The predicted octanol–water partition coefficient (Wildman–Crippen LogP) is 3.13. The first-order valence-corrected chi connectivity index (χ1v) is 7.85. The lowest BCUT2D eigenvalue weighted by Gasteiger charge is -2.18. The zero-order valence-electron chi connectivity index (χ0n) is 14.3. The Morgan fingerprint density at radius 3 is 2.29 bits per heavy atom. The van der Waals surface area contributed by atoms with Crippen LogP contribution in [0.25, 0.3) is 0 Å². The lowest BCUT2D eigenvalue weighted by Crippen LogP contribution is -2.30. The summed E-state index contributed by atoms with van der Waals surface area (Å²) in [6, 6.07) is 14.9. The van der Waals surface area contributed by atoms with E-state index >= 15 is 0 Å². The fourth-order valence-electron chi connectivity index (χ4n) is 2.19. The summed E-state index contributed by atoms with van der Waals surface area (Å²) >= 11 is 0. The van der Waals surface area contributed by atoms with Gasteiger partial charge in [-0.2, -0.15) is 0 Å². The van der Waals surface area contributed by atoms with Crippen molar-refractivity contribution in [3.63, 3.8) is 0 Å². The molecule has 0 fully saturated rings. The zero-order chi connectivity index (χ0) is 17.4. The Bertz CT molecular complexity index is 655. The van der Waals surface area contributed by atoms with E-state index in [4.69, 9.17) is 14.2 Å². The van der Waals surface area contributed by atoms with Gasteiger partial charge in [-0.3, -0.25) is 4.79 Å². The molecule has 0 unspecified atom stereocenters. The lowest BCUT2D eigenvalue weighted by atomic mass is 10.2. The Morgan fingerprint density at radius 1 is 1.00 bits per heavy atom. The van der Waals surface area contributed by atoms with Crippen LogP contribution in [0.3, 0.4) is 0 Å². The molecule has 1 amide bonds. The molecular weight excluding hydrogens is 306 g/mol. The minimum Gasteiger partial charge on any atom is -0.497 e. The summed E-state index contributed by atoms with van der Waals surface area (Å²) in [6.45, 7) is 3.05. The van der Waals surface area contributed by atoms with Crippen LogP contribution in [0.1, 0.15) is 12.5 Å². The molecule has 0 saturated heterocycles. The number of amides is 1. The van der Waals surface area contributed by atoms with E-state index in [0.717, 1.165) is 17.1 Å². The van der Waals surface area contributed by atoms with Crippen LogP contribution >= 0.6 is 0 Å². The quantitative estimate of drug-likeness (QED) is 0.746. The van der Waals surface area contributed by atoms with E-state index in [-0.39, 0.29) is 12.5 Å². The van der Waals surface area contributed by atoms with Crippen LogP contribution in [0.2, 0.25) is 0 Å². The molecule has 5 heteroatoms. The van der Waals surface area contributed by atoms with Crippen molar-refractivity contribution in [1.29, 1.82) is 0 Å². The van der Waals surface area contributed by atoms with Crippen molar-refractivity contribution in [2.45, 2.75) is 13.5 Å². The predicted molar refractivity (Wildman–Crippen MR) is 92.6 cm³/mol. The van der Waals surface area contributed by atoms with E-state index in [1.54, 1.807) is 31.2 Å². The fourth-order valence-corrected chi connectivity index (χ4v) is 2.19. The minimum absolute atomic E-state index is 0.00551. The minimum atomic E-state index is -0.0910. The van der Waals surface area contributed by atoms with Gasteiger partial charge in [-0.15, -0.1) is 0 Å². The molecule has 0 bridgehead atoms. The molecule has 2 aromatic rings. The second-order valence-electron chi connectivity index (χ2n) is 5.29. The zero-order valence-corrected chi connectivity index (χ0v) is 14.3. The molecule has 0 aliphatic heterocycles. The normalized spacial score (nSPS) is 10.1. The van der Waals surface area contributed by atoms with Crippen molar-refractivity contribution in [3.8, 4) is 17.2 Å². The van der Waals surface area contributed by atoms with Crippen LogP contribution in [0.15, 0.2) is 48.5 Å². The summed E-state index contributed by atoms with van der Waals surface area (Å²) in [5.74, 6) is 2.11. The number of hydrogen-bond acceptors (Lipinski definition) is 4. The van der Waals surface area contributed by atoms with E-state index < -0.39 is 0 Å². The van der Waals surface area contributed by atoms with Crippen molar-refractivity contribution in [2.75, 3.05) is 27.4 Å². The van der Waals surface area contributed by atoms with E-state index in [9.17, 15) is 4.79 Å². The number of nitrogens with zero attached hydrogens (tertiary/aromatic N) is 1. The number of hydrogen-bond donors (Lipinski definition) is 0. The van der Waals surface area contributed by atoms with Gasteiger partial charge in [-0.05, 0) is 48.9 Å². The highest BCUT2D eigenvalue weighted by molar-refractivity contribution is 5.77. The third-order valence-electron chi connectivity index (χ3n) is 3.48. The Balaban J connectivity index is 1.84. The smallest absolute Gasteiger partial charge is 0.260 e. The number of benzene rings is 2. The van der Waals surface area contributed by atoms with E-state index in [2.05, 4.69) is 0 Å². The summed E-state index contributed by atoms with van der Waals surface area (Å²) in [7, 11) is 3.38. The van der Waals surface area contributed by atoms with Crippen LogP contribution in [0.5, 0.6) is 17.2 Å². The Morgan fingerprint density at radius 2 is 1.67 bits per heavy atom. The van der Waals surface area contributed by atoms with Gasteiger partial charge in [-0.1, -0.05) is 12.1 Å². The molecule has 24 heavy (non-hydrogen) atoms. The van der Waals surface area contributed by atoms with Crippen LogP contribution in [-0.2, 0) is 11.3 Å². The number of methoxy groups -OCH3 is 1. The van der Waals surface area contributed by atoms with Gasteiger partial charge < -0.3 is 19.1 Å². The maximum Gasteiger partial charge on any atom is 0.260 e. The van der Waals surface area contributed by atoms with Gasteiger partial charge in [0.15, 0.2) is 6.61 Å². The second-order valence-corrected chi connectivity index (χ2v) is 5.29. The number of likely N-dealkylation sites (N-methyl/N-ethyl adjacent to an activating group) is 1. The van der Waals surface area contributed by atoms with Gasteiger partial charge in [0.05, 0.1) is 13.7 Å². The van der Waals surface area contributed by atoms with Crippen LogP contribution < -0.4 is 14.2 Å². The molecule has 0 atom stereocenters. The first-order chi connectivity index (χ1) is 11.6. The van der Waals surface area contributed by atoms with E-state index in [1.807, 2.05) is 43.3 Å². The molecule has 128 valence electrons. The average molecular weight is 329 g/mol. The SMILES string of the molecule is CCOc1ccc(OCC(=O)N(C)Cc2cccc(OC)c2)cc1. The summed E-state index contributed by atoms with van der Waals surface area (Å²) in [4.78, 5) is 13.8. The third kappa shape index (κ3) is 5.19. The number of carbonyl (C=O) groups is 1. The molecule has 0 N–H and O–H groups in total. The first-order valence-electron chi connectivity index (χ1n) is 7.85. The van der Waals surface area contributed by atoms with Crippen molar-refractivity contribution in [3.05, 3.63) is 54.1 Å². The Labute approximate surface area is 142 Å². The third-order valence-corrected chi connectivity index (χ3v) is 3.48. The van der Waals surface area contributed by atoms with Gasteiger partial charge in [-0.25, -0.2) is 0 Å².